The van der Waals surface area contributed by atoms with Gasteiger partial charge in [-0.25, -0.2) is 0 Å². The summed E-state index contributed by atoms with van der Waals surface area (Å²) in [7, 11) is 3.29. The lowest BCUT2D eigenvalue weighted by atomic mass is 9.87. The molecule has 4 atom stereocenters. The van der Waals surface area contributed by atoms with Gasteiger partial charge in [0.2, 0.25) is 0 Å². The lowest BCUT2D eigenvalue weighted by Gasteiger charge is -2.15. The quantitative estimate of drug-likeness (QED) is 0.0326. The highest BCUT2D eigenvalue weighted by Crippen LogP contribution is 2.28. The summed E-state index contributed by atoms with van der Waals surface area (Å²) in [5, 5.41) is 17.6. The van der Waals surface area contributed by atoms with Gasteiger partial charge in [0.1, 0.15) is 59.7 Å². The Morgan fingerprint density at radius 2 is 0.293 bits per heavy atom. The van der Waals surface area contributed by atoms with Crippen LogP contribution in [0.1, 0.15) is 672 Å². The molecule has 0 aromatic carbocycles. The van der Waals surface area contributed by atoms with E-state index < -0.39 is 23.7 Å². The molecular formula is C132H256O18. The second kappa shape index (κ2) is 134. The van der Waals surface area contributed by atoms with Crippen molar-refractivity contribution in [3.8, 4) is 0 Å². The van der Waals surface area contributed by atoms with Crippen molar-refractivity contribution in [1.29, 1.82) is 0 Å². The molecule has 0 radical (unpaired) electrons. The first-order valence-corrected chi connectivity index (χ1v) is 65.7. The van der Waals surface area contributed by atoms with Crippen LogP contribution >= 0.6 is 0 Å². The number of Topliss-reactive ketones (excluding diaryl/α,β-unsaturated/α-hetero) is 6. The fourth-order valence-corrected chi connectivity index (χ4v) is 20.2. The summed E-state index contributed by atoms with van der Waals surface area (Å²) in [5.74, 6) is -2.03. The topological polar surface area (TPSA) is 251 Å². The first-order valence-electron chi connectivity index (χ1n) is 65.7. The van der Waals surface area contributed by atoms with Crippen LogP contribution in [0.5, 0.6) is 0 Å². The molecule has 0 spiro atoms. The van der Waals surface area contributed by atoms with E-state index in [-0.39, 0.29) is 86.2 Å². The predicted molar refractivity (Wildman–Crippen MR) is 636 cm³/mol. The Morgan fingerprint density at radius 1 is 0.153 bits per heavy atom. The third-order valence-electron chi connectivity index (χ3n) is 30.1. The Kier molecular flexibility index (Phi) is 137. The number of esters is 2. The van der Waals surface area contributed by atoms with E-state index in [2.05, 4.69) is 55.4 Å². The Morgan fingerprint density at radius 3 is 0.480 bits per heavy atom. The number of carbonyl (C=O) groups is 8. The summed E-state index contributed by atoms with van der Waals surface area (Å²) in [6, 6.07) is 0. The molecule has 0 fully saturated rings. The van der Waals surface area contributed by atoms with E-state index in [9.17, 15) is 38.4 Å². The Labute approximate surface area is 929 Å². The van der Waals surface area contributed by atoms with Gasteiger partial charge < -0.3 is 48.1 Å². The molecule has 0 bridgehead atoms. The van der Waals surface area contributed by atoms with Crippen LogP contribution in [-0.4, -0.2) is 164 Å². The van der Waals surface area contributed by atoms with E-state index in [0.29, 0.717) is 117 Å². The van der Waals surface area contributed by atoms with E-state index >= 15 is 0 Å². The summed E-state index contributed by atoms with van der Waals surface area (Å²) in [6.07, 6.45) is 113. The van der Waals surface area contributed by atoms with Crippen LogP contribution in [0.15, 0.2) is 0 Å². The summed E-state index contributed by atoms with van der Waals surface area (Å²) in [6.45, 7) is 22.7. The van der Waals surface area contributed by atoms with Crippen molar-refractivity contribution >= 4 is 46.6 Å². The number of aliphatic hydroxyl groups is 2. The predicted octanol–water partition coefficient (Wildman–Crippen LogP) is 37.9. The molecule has 0 saturated carbocycles. The van der Waals surface area contributed by atoms with Crippen molar-refractivity contribution in [3.05, 3.63) is 0 Å². The third kappa shape index (κ3) is 119. The van der Waals surface area contributed by atoms with Crippen molar-refractivity contribution in [2.75, 3.05) is 107 Å². The van der Waals surface area contributed by atoms with Crippen LogP contribution in [-0.2, 0) is 76.3 Å². The number of methoxy groups -OCH3 is 2. The molecule has 0 aromatic rings. The SMILES string of the molecule is CCCCCCCCCCCCCC(=O)C(CCCCCCCCCCCC)C(=O)CCCOCCO.CCCCCCCCCCCCCC(=O)C(CCCCCCCCCCCC)C(=O)CCCOCCOC.CCCCCCCCCCCCCC(=O)C(CCCCCCCCCCCC)C(=O)OCCOCCO.CCCCCCCCCCCCCC(=O)C(CCCCCCCCCCCC)C(=O)OCCOCCOC. The highest BCUT2D eigenvalue weighted by Gasteiger charge is 2.31. The van der Waals surface area contributed by atoms with Gasteiger partial charge in [-0.1, -0.05) is 569 Å². The summed E-state index contributed by atoms with van der Waals surface area (Å²) in [4.78, 5) is 103. The minimum Gasteiger partial charge on any atom is -0.463 e. The second-order valence-electron chi connectivity index (χ2n) is 44.5. The van der Waals surface area contributed by atoms with Crippen LogP contribution < -0.4 is 0 Å². The molecular weight excluding hydrogens is 1870 g/mol. The number of carbonyl (C=O) groups excluding carboxylic acids is 8. The van der Waals surface area contributed by atoms with E-state index in [4.69, 9.17) is 48.1 Å². The van der Waals surface area contributed by atoms with Gasteiger partial charge in [0.15, 0.2) is 0 Å². The molecule has 0 aromatic heterocycles. The fraction of sp³-hybridized carbons (Fsp3) is 0.939. The summed E-state index contributed by atoms with van der Waals surface area (Å²) >= 11 is 0. The number of hydrogen-bond donors (Lipinski definition) is 2. The summed E-state index contributed by atoms with van der Waals surface area (Å²) < 4.78 is 42.1. The number of aliphatic hydroxyl groups excluding tert-OH is 2. The van der Waals surface area contributed by atoms with Gasteiger partial charge in [-0.2, -0.15) is 0 Å². The van der Waals surface area contributed by atoms with Gasteiger partial charge in [-0.05, 0) is 64.2 Å². The molecule has 0 saturated heterocycles. The molecule has 0 aliphatic rings. The second-order valence-corrected chi connectivity index (χ2v) is 44.5. The lowest BCUT2D eigenvalue weighted by molar-refractivity contribution is -0.155. The van der Waals surface area contributed by atoms with E-state index in [1.54, 1.807) is 14.2 Å². The number of unbranched alkanes of at least 4 members (excludes halogenated alkanes) is 76. The molecule has 892 valence electrons. The number of hydrogen-bond acceptors (Lipinski definition) is 18. The van der Waals surface area contributed by atoms with Gasteiger partial charge in [-0.3, -0.25) is 38.4 Å². The fourth-order valence-electron chi connectivity index (χ4n) is 20.2. The third-order valence-corrected chi connectivity index (χ3v) is 30.1. The molecule has 0 aliphatic heterocycles. The Bertz CT molecular complexity index is 2530. The first-order chi connectivity index (χ1) is 73.7. The molecule has 0 rings (SSSR count). The van der Waals surface area contributed by atoms with Gasteiger partial charge in [0, 0.05) is 66.0 Å². The highest BCUT2D eigenvalue weighted by atomic mass is 16.6. The van der Waals surface area contributed by atoms with Crippen LogP contribution in [0.3, 0.4) is 0 Å². The van der Waals surface area contributed by atoms with Crippen molar-refractivity contribution < 1.29 is 86.5 Å². The number of ketones is 6. The van der Waals surface area contributed by atoms with Crippen LogP contribution in [0.25, 0.3) is 0 Å². The lowest BCUT2D eigenvalue weighted by Crippen LogP contribution is -2.27. The molecule has 150 heavy (non-hydrogen) atoms. The molecule has 0 amide bonds. The van der Waals surface area contributed by atoms with Crippen molar-refractivity contribution in [2.45, 2.75) is 672 Å². The van der Waals surface area contributed by atoms with E-state index in [1.807, 2.05) is 0 Å². The monoisotopic (exact) mass is 2130 g/mol. The van der Waals surface area contributed by atoms with Gasteiger partial charge in [0.25, 0.3) is 0 Å². The maximum atomic E-state index is 13.0. The molecule has 4 unspecified atom stereocenters. The number of rotatable bonds is 124. The molecule has 18 nitrogen and oxygen atoms in total. The van der Waals surface area contributed by atoms with E-state index in [1.165, 1.54) is 437 Å². The molecule has 18 heteroatoms. The smallest absolute Gasteiger partial charge is 0.316 e. The zero-order valence-corrected chi connectivity index (χ0v) is 102. The van der Waals surface area contributed by atoms with Crippen molar-refractivity contribution in [1.82, 2.24) is 0 Å². The molecule has 0 heterocycles. The van der Waals surface area contributed by atoms with Crippen molar-refractivity contribution in [2.24, 2.45) is 23.7 Å². The normalized spacial score (nSPS) is 12.1. The average molecular weight is 2130 g/mol. The maximum absolute atomic E-state index is 13.0. The van der Waals surface area contributed by atoms with Gasteiger partial charge >= 0.3 is 11.9 Å². The van der Waals surface area contributed by atoms with Gasteiger partial charge in [0.05, 0.1) is 77.9 Å². The maximum Gasteiger partial charge on any atom is 0.316 e. The minimum absolute atomic E-state index is 0.00670. The van der Waals surface area contributed by atoms with Crippen LogP contribution in [0.4, 0.5) is 0 Å². The zero-order valence-electron chi connectivity index (χ0n) is 102. The van der Waals surface area contributed by atoms with Gasteiger partial charge in [-0.15, -0.1) is 0 Å². The first kappa shape index (κ1) is 153. The molecule has 2 N–H and O–H groups in total. The number of ether oxygens (including phenoxy) is 8. The highest BCUT2D eigenvalue weighted by molar-refractivity contribution is 6.03. The van der Waals surface area contributed by atoms with Crippen molar-refractivity contribution in [3.63, 3.8) is 0 Å². The molecule has 0 aliphatic carbocycles. The summed E-state index contributed by atoms with van der Waals surface area (Å²) in [5.41, 5.74) is 0. The standard InChI is InChI=1S/C34H66O4.C33H64O5.C33H64O4.C32H62O5/c1-4-6-8-10-12-14-16-18-20-22-24-27-33(35)32(34(36)28-25-29-38-31-30-37-3)26-23-21-19-17-15-13-11-9-7-5-2;1-4-6-8-10-12-14-16-18-20-22-24-26-32(34)31(33(35)38-30-29-37-28-27-36-3)25-23-21-19-17-15-13-11-9-7-5-2;1-3-5-7-9-11-13-15-17-19-21-23-26-32(35)31(33(36)27-24-29-37-30-28-34)25-22-20-18-16-14-12-10-8-6-4-2;1-3-5-7-9-11-13-15-17-19-21-23-25-31(34)30(32(35)37-29-28-36-27-26-33)24-22-20-18-16-14-12-10-8-6-4-2/h32H,4-31H2,1-3H3;31H,4-30H2,1-3H3;31,34H,3-30H2,1-2H3;30,33H,3-29H2,1-2H3. The zero-order chi connectivity index (χ0) is 110. The average Bonchev–Trinajstić information content (AvgIpc) is 0.913. The Hall–Kier alpha value is -3.36. The Balaban J connectivity index is -0.000000947. The van der Waals surface area contributed by atoms with E-state index in [0.717, 1.165) is 116 Å². The van der Waals surface area contributed by atoms with Crippen LogP contribution in [0, 0.1) is 23.7 Å². The largest absolute Gasteiger partial charge is 0.463 e. The van der Waals surface area contributed by atoms with Crippen LogP contribution in [0.2, 0.25) is 0 Å². The minimum atomic E-state index is -0.630.